The summed E-state index contributed by atoms with van der Waals surface area (Å²) in [6.45, 7) is 1.38. The summed E-state index contributed by atoms with van der Waals surface area (Å²) in [5, 5.41) is 26.0. The number of halogens is 3. The summed E-state index contributed by atoms with van der Waals surface area (Å²) in [4.78, 5) is 8.41. The van der Waals surface area contributed by atoms with Crippen LogP contribution in [0.1, 0.15) is 16.8 Å². The van der Waals surface area contributed by atoms with Gasteiger partial charge in [0.05, 0.1) is 24.4 Å². The maximum Gasteiger partial charge on any atom is 0.433 e. The molecule has 8 nitrogen and oxygen atoms in total. The van der Waals surface area contributed by atoms with Gasteiger partial charge < -0.3 is 5.11 Å². The van der Waals surface area contributed by atoms with Gasteiger partial charge in [-0.3, -0.25) is 4.52 Å². The number of hydrogen-bond donors (Lipinski definition) is 0. The third kappa shape index (κ3) is 4.63. The Morgan fingerprint density at radius 3 is 2.73 bits per heavy atom. The average Bonchev–Trinajstić information content (AvgIpc) is 3.00. The van der Waals surface area contributed by atoms with Crippen LogP contribution in [0, 0.1) is 18.3 Å². The second kappa shape index (κ2) is 7.61. The average molecular weight is 386 g/mol. The summed E-state index contributed by atoms with van der Waals surface area (Å²) in [5.74, 6) is -1.04. The zero-order chi connectivity index (χ0) is 19.5. The Bertz CT molecular complexity index is 873. The van der Waals surface area contributed by atoms with Crippen LogP contribution in [0.2, 0.25) is 0 Å². The number of thioether (sulfide) groups is 1. The largest absolute Gasteiger partial charge is 0.861 e. The Morgan fingerprint density at radius 1 is 1.50 bits per heavy atom. The second-order valence-corrected chi connectivity index (χ2v) is 6.18. The lowest BCUT2D eigenvalue weighted by atomic mass is 10.1. The van der Waals surface area contributed by atoms with E-state index in [0.29, 0.717) is 11.8 Å². The summed E-state index contributed by atoms with van der Waals surface area (Å²) in [6, 6.07) is 2.60. The van der Waals surface area contributed by atoms with Crippen molar-refractivity contribution in [2.24, 2.45) is 4.99 Å². The molecule has 0 aliphatic carbocycles. The van der Waals surface area contributed by atoms with Crippen LogP contribution in [0.15, 0.2) is 26.8 Å². The van der Waals surface area contributed by atoms with Crippen molar-refractivity contribution < 1.29 is 27.6 Å². The van der Waals surface area contributed by atoms with Gasteiger partial charge in [0.15, 0.2) is 0 Å². The molecular weight excluding hydrogens is 373 g/mol. The van der Waals surface area contributed by atoms with Crippen LogP contribution in [0.25, 0.3) is 0 Å². The molecular formula is C14H13F3N6O2S. The molecule has 0 aliphatic rings. The molecule has 0 saturated carbocycles. The first-order chi connectivity index (χ1) is 12.1. The molecule has 0 fully saturated rings. The molecule has 0 aliphatic heterocycles. The van der Waals surface area contributed by atoms with E-state index in [1.54, 1.807) is 25.2 Å². The molecule has 0 unspecified atom stereocenters. The van der Waals surface area contributed by atoms with Gasteiger partial charge >= 0.3 is 12.1 Å². The van der Waals surface area contributed by atoms with E-state index in [1.807, 2.05) is 0 Å². The van der Waals surface area contributed by atoms with Crippen LogP contribution in [-0.4, -0.2) is 36.0 Å². The molecule has 0 saturated heterocycles. The molecule has 0 atom stereocenters. The first kappa shape index (κ1) is 19.5. The number of nitriles is 1. The standard InChI is InChI=1S/C14H13F3N6O2S/c1-8-4-10(14(15,16)17)19-13(9(8)5-18)26-7-11(24)20-12-6-23(21-25-12)22(2)3/h4,6H,7H2,1-3H3. The summed E-state index contributed by atoms with van der Waals surface area (Å²) < 4.78 is 43.4. The second-order valence-electron chi connectivity index (χ2n) is 5.22. The van der Waals surface area contributed by atoms with Gasteiger partial charge in [0.1, 0.15) is 16.8 Å². The molecule has 26 heavy (non-hydrogen) atoms. The Labute approximate surface area is 150 Å². The molecule has 0 N–H and O–H groups in total. The number of nitrogens with zero attached hydrogens (tertiary/aromatic N) is 6. The van der Waals surface area contributed by atoms with Crippen molar-refractivity contribution in [2.75, 3.05) is 24.9 Å². The highest BCUT2D eigenvalue weighted by Gasteiger charge is 2.33. The van der Waals surface area contributed by atoms with Crippen molar-refractivity contribution >= 4 is 23.5 Å². The number of aryl methyl sites for hydroxylation is 1. The van der Waals surface area contributed by atoms with Crippen LogP contribution in [0.4, 0.5) is 19.1 Å². The van der Waals surface area contributed by atoms with E-state index in [1.165, 1.54) is 17.9 Å². The highest BCUT2D eigenvalue weighted by molar-refractivity contribution is 7.99. The number of rotatable bonds is 5. The molecule has 12 heteroatoms. The summed E-state index contributed by atoms with van der Waals surface area (Å²) in [7, 11) is 3.38. The highest BCUT2D eigenvalue weighted by Crippen LogP contribution is 2.32. The molecule has 0 spiro atoms. The molecule has 138 valence electrons. The summed E-state index contributed by atoms with van der Waals surface area (Å²) in [5.41, 5.74) is -1.01. The molecule has 2 aromatic heterocycles. The van der Waals surface area contributed by atoms with E-state index in [0.717, 1.165) is 6.07 Å². The third-order valence-electron chi connectivity index (χ3n) is 3.01. The number of aliphatic imine (C=N–C) groups is 1. The topological polar surface area (TPSA) is 105 Å². The first-order valence-corrected chi connectivity index (χ1v) is 8.03. The van der Waals surface area contributed by atoms with Crippen molar-refractivity contribution in [3.63, 3.8) is 0 Å². The van der Waals surface area contributed by atoms with Gasteiger partial charge in [-0.15, -0.1) is 0 Å². The van der Waals surface area contributed by atoms with E-state index in [4.69, 9.17) is 9.78 Å². The molecule has 0 bridgehead atoms. The Hall–Kier alpha value is -2.81. The van der Waals surface area contributed by atoms with Crippen LogP contribution < -0.4 is 14.9 Å². The zero-order valence-corrected chi connectivity index (χ0v) is 14.7. The maximum absolute atomic E-state index is 12.9. The minimum absolute atomic E-state index is 0.0130. The number of aromatic nitrogens is 3. The van der Waals surface area contributed by atoms with E-state index in [9.17, 15) is 18.3 Å². The van der Waals surface area contributed by atoms with Crippen molar-refractivity contribution in [3.8, 4) is 6.07 Å². The minimum atomic E-state index is -4.65. The smallest absolute Gasteiger partial charge is 0.433 e. The monoisotopic (exact) mass is 386 g/mol. The van der Waals surface area contributed by atoms with Gasteiger partial charge in [-0.1, -0.05) is 11.8 Å². The lowest BCUT2D eigenvalue weighted by Crippen LogP contribution is -2.53. The number of alkyl halides is 3. The molecule has 0 amide bonds. The SMILES string of the molecule is Cc1cc(C(F)(F)F)nc(SC/C([O-])=N/c2c[n+](N(C)C)no2)c1C#N. The predicted octanol–water partition coefficient (Wildman–Crippen LogP) is 0.936. The Balaban J connectivity index is 2.21. The normalized spacial score (nSPS) is 12.1. The van der Waals surface area contributed by atoms with Gasteiger partial charge in [-0.05, 0) is 24.5 Å². The van der Waals surface area contributed by atoms with E-state index >= 15 is 0 Å². The van der Waals surface area contributed by atoms with E-state index in [2.05, 4.69) is 15.2 Å². The lowest BCUT2D eigenvalue weighted by molar-refractivity contribution is -0.753. The van der Waals surface area contributed by atoms with Gasteiger partial charge in [0, 0.05) is 5.75 Å². The van der Waals surface area contributed by atoms with Crippen LogP contribution in [0.3, 0.4) is 0 Å². The summed E-state index contributed by atoms with van der Waals surface area (Å²) >= 11 is 0.700. The number of pyridine rings is 1. The molecule has 0 aromatic carbocycles. The molecule has 0 radical (unpaired) electrons. The van der Waals surface area contributed by atoms with Crippen molar-refractivity contribution in [3.05, 3.63) is 29.1 Å². The van der Waals surface area contributed by atoms with Crippen LogP contribution in [-0.2, 0) is 6.18 Å². The van der Waals surface area contributed by atoms with Crippen molar-refractivity contribution in [1.29, 1.82) is 5.26 Å². The van der Waals surface area contributed by atoms with Crippen molar-refractivity contribution in [2.45, 2.75) is 18.1 Å². The zero-order valence-electron chi connectivity index (χ0n) is 13.9. The number of hydrogen-bond acceptors (Lipinski definition) is 8. The fraction of sp³-hybridized carbons (Fsp3) is 0.357. The first-order valence-electron chi connectivity index (χ1n) is 7.04. The predicted molar refractivity (Wildman–Crippen MR) is 83.3 cm³/mol. The quantitative estimate of drug-likeness (QED) is 0.326. The van der Waals surface area contributed by atoms with Gasteiger partial charge in [0.25, 0.3) is 6.20 Å². The Morgan fingerprint density at radius 2 is 2.19 bits per heavy atom. The highest BCUT2D eigenvalue weighted by atomic mass is 32.2. The summed E-state index contributed by atoms with van der Waals surface area (Å²) in [6.07, 6.45) is -3.29. The van der Waals surface area contributed by atoms with E-state index in [-0.39, 0.29) is 27.8 Å². The van der Waals surface area contributed by atoms with Gasteiger partial charge in [-0.2, -0.15) is 23.4 Å². The van der Waals surface area contributed by atoms with Crippen LogP contribution in [0.5, 0.6) is 0 Å². The molecule has 2 aromatic rings. The fourth-order valence-electron chi connectivity index (χ4n) is 1.78. The molecule has 2 heterocycles. The van der Waals surface area contributed by atoms with Crippen LogP contribution >= 0.6 is 11.8 Å². The third-order valence-corrected chi connectivity index (χ3v) is 3.97. The maximum atomic E-state index is 12.9. The van der Waals surface area contributed by atoms with E-state index < -0.39 is 17.8 Å². The van der Waals surface area contributed by atoms with Crippen molar-refractivity contribution in [1.82, 2.24) is 10.3 Å². The minimum Gasteiger partial charge on any atom is -0.861 e. The van der Waals surface area contributed by atoms with Gasteiger partial charge in [-0.25, -0.2) is 9.98 Å². The molecule has 2 rings (SSSR count). The van der Waals surface area contributed by atoms with Gasteiger partial charge in [0.2, 0.25) is 5.27 Å². The Kier molecular flexibility index (Phi) is 5.71. The fourth-order valence-corrected chi connectivity index (χ4v) is 2.62. The lowest BCUT2D eigenvalue weighted by Gasteiger charge is -2.13.